The van der Waals surface area contributed by atoms with Crippen LogP contribution in [-0.4, -0.2) is 38.1 Å². The van der Waals surface area contributed by atoms with Gasteiger partial charge in [0.25, 0.3) is 0 Å². The van der Waals surface area contributed by atoms with Crippen molar-refractivity contribution in [3.63, 3.8) is 0 Å². The minimum Gasteiger partial charge on any atom is -0.390 e. The second-order valence-corrected chi connectivity index (χ2v) is 7.45. The van der Waals surface area contributed by atoms with E-state index in [0.29, 0.717) is 12.0 Å². The average molecular weight is 314 g/mol. The molecule has 3 atom stereocenters. The topological polar surface area (TPSA) is 54.2 Å². The van der Waals surface area contributed by atoms with E-state index in [9.17, 15) is 5.11 Å². The molecule has 3 heterocycles. The molecule has 0 aromatic carbocycles. The van der Waals surface area contributed by atoms with Crippen molar-refractivity contribution >= 4 is 16.7 Å². The fourth-order valence-corrected chi connectivity index (χ4v) is 4.74. The van der Waals surface area contributed by atoms with E-state index >= 15 is 0 Å². The molecule has 5 nitrogen and oxygen atoms in total. The second-order valence-electron chi connectivity index (χ2n) is 7.45. The van der Waals surface area contributed by atoms with Gasteiger partial charge in [0, 0.05) is 31.7 Å². The Morgan fingerprint density at radius 1 is 1.26 bits per heavy atom. The van der Waals surface area contributed by atoms with Crippen LogP contribution in [0.3, 0.4) is 0 Å². The number of aryl methyl sites for hydroxylation is 1. The summed E-state index contributed by atoms with van der Waals surface area (Å²) in [5.41, 5.74) is 1.63. The zero-order valence-electron chi connectivity index (χ0n) is 14.1. The number of hydrogen-bond donors (Lipinski definition) is 1. The highest BCUT2D eigenvalue weighted by atomic mass is 16.3. The first-order chi connectivity index (χ1) is 11.1. The number of aliphatic hydroxyl groups is 1. The van der Waals surface area contributed by atoms with Gasteiger partial charge in [-0.2, -0.15) is 5.10 Å². The quantitative estimate of drug-likeness (QED) is 0.926. The van der Waals surface area contributed by atoms with Crippen LogP contribution in [0.2, 0.25) is 0 Å². The number of fused-ring (bicyclic) bond motifs is 1. The Labute approximate surface area is 137 Å². The van der Waals surface area contributed by atoms with Crippen molar-refractivity contribution in [1.82, 2.24) is 14.8 Å². The van der Waals surface area contributed by atoms with Crippen LogP contribution in [0.1, 0.15) is 45.4 Å². The highest BCUT2D eigenvalue weighted by Gasteiger charge is 2.43. The summed E-state index contributed by atoms with van der Waals surface area (Å²) in [7, 11) is 1.94. The molecule has 0 bridgehead atoms. The molecule has 1 aliphatic carbocycles. The van der Waals surface area contributed by atoms with E-state index in [1.54, 1.807) is 0 Å². The summed E-state index contributed by atoms with van der Waals surface area (Å²) in [6.07, 6.45) is 10.6. The summed E-state index contributed by atoms with van der Waals surface area (Å²) in [6.45, 7) is 3.10. The molecular formula is C18H26N4O. The van der Waals surface area contributed by atoms with Crippen molar-refractivity contribution in [2.45, 2.75) is 57.1 Å². The standard InChI is InChI=1S/C18H26N4O/c1-18(23)9-4-3-6-14(18)16-7-5-11-22(16)15-8-10-19-17-13(15)12-20-21(17)2/h8,10,12,14,16,23H,3-7,9,11H2,1-2H3/t14-,16+,18+/m0/s1. The molecule has 0 radical (unpaired) electrons. The third kappa shape index (κ3) is 2.42. The van der Waals surface area contributed by atoms with Gasteiger partial charge in [0.15, 0.2) is 5.65 Å². The number of aromatic nitrogens is 3. The van der Waals surface area contributed by atoms with E-state index in [1.165, 1.54) is 24.9 Å². The molecule has 124 valence electrons. The normalized spacial score (nSPS) is 31.9. The molecule has 1 aliphatic heterocycles. The molecule has 2 fully saturated rings. The van der Waals surface area contributed by atoms with Crippen molar-refractivity contribution in [2.24, 2.45) is 13.0 Å². The van der Waals surface area contributed by atoms with Crippen molar-refractivity contribution in [3.8, 4) is 0 Å². The number of anilines is 1. The van der Waals surface area contributed by atoms with Gasteiger partial charge in [-0.05, 0) is 38.7 Å². The molecule has 1 N–H and O–H groups in total. The number of hydrogen-bond acceptors (Lipinski definition) is 4. The van der Waals surface area contributed by atoms with Crippen LogP contribution in [-0.2, 0) is 7.05 Å². The minimum absolute atomic E-state index is 0.360. The van der Waals surface area contributed by atoms with Crippen LogP contribution in [0.15, 0.2) is 18.5 Å². The summed E-state index contributed by atoms with van der Waals surface area (Å²) in [4.78, 5) is 6.97. The maximum atomic E-state index is 10.9. The molecule has 1 saturated heterocycles. The summed E-state index contributed by atoms with van der Waals surface area (Å²) in [5.74, 6) is 0.360. The molecule has 1 saturated carbocycles. The lowest BCUT2D eigenvalue weighted by Gasteiger charge is -2.44. The van der Waals surface area contributed by atoms with Gasteiger partial charge in [-0.1, -0.05) is 12.8 Å². The van der Waals surface area contributed by atoms with Gasteiger partial charge in [0.1, 0.15) is 0 Å². The van der Waals surface area contributed by atoms with Gasteiger partial charge < -0.3 is 10.0 Å². The van der Waals surface area contributed by atoms with E-state index in [0.717, 1.165) is 36.8 Å². The maximum absolute atomic E-state index is 10.9. The van der Waals surface area contributed by atoms with E-state index in [4.69, 9.17) is 0 Å². The SMILES string of the molecule is Cn1ncc2c(N3CCC[C@@H]3[C@@H]3CCCC[C@@]3(C)O)ccnc21. The van der Waals surface area contributed by atoms with Gasteiger partial charge in [0.05, 0.1) is 22.9 Å². The zero-order chi connectivity index (χ0) is 16.0. The van der Waals surface area contributed by atoms with Gasteiger partial charge in [-0.3, -0.25) is 4.68 Å². The van der Waals surface area contributed by atoms with Crippen molar-refractivity contribution in [2.75, 3.05) is 11.4 Å². The molecule has 23 heavy (non-hydrogen) atoms. The Kier molecular flexibility index (Phi) is 3.56. The first-order valence-corrected chi connectivity index (χ1v) is 8.84. The Hall–Kier alpha value is -1.62. The fourth-order valence-electron chi connectivity index (χ4n) is 4.74. The predicted molar refractivity (Wildman–Crippen MR) is 91.5 cm³/mol. The van der Waals surface area contributed by atoms with Crippen molar-refractivity contribution in [3.05, 3.63) is 18.5 Å². The van der Waals surface area contributed by atoms with Crippen LogP contribution < -0.4 is 4.90 Å². The Morgan fingerprint density at radius 2 is 2.13 bits per heavy atom. The number of nitrogens with zero attached hydrogens (tertiary/aromatic N) is 4. The van der Waals surface area contributed by atoms with Crippen molar-refractivity contribution in [1.29, 1.82) is 0 Å². The smallest absolute Gasteiger partial charge is 0.159 e. The molecule has 4 rings (SSSR count). The second kappa shape index (κ2) is 5.48. The highest BCUT2D eigenvalue weighted by molar-refractivity contribution is 5.89. The van der Waals surface area contributed by atoms with Crippen LogP contribution in [0.4, 0.5) is 5.69 Å². The monoisotopic (exact) mass is 314 g/mol. The lowest BCUT2D eigenvalue weighted by atomic mass is 9.72. The minimum atomic E-state index is -0.535. The zero-order valence-corrected chi connectivity index (χ0v) is 14.1. The Balaban J connectivity index is 1.72. The first kappa shape index (κ1) is 14.9. The Morgan fingerprint density at radius 3 is 2.96 bits per heavy atom. The first-order valence-electron chi connectivity index (χ1n) is 8.84. The lowest BCUT2D eigenvalue weighted by molar-refractivity contribution is -0.0410. The summed E-state index contributed by atoms with van der Waals surface area (Å²) < 4.78 is 1.83. The van der Waals surface area contributed by atoms with Crippen LogP contribution in [0.25, 0.3) is 11.0 Å². The molecule has 0 amide bonds. The van der Waals surface area contributed by atoms with Crippen LogP contribution in [0.5, 0.6) is 0 Å². The van der Waals surface area contributed by atoms with E-state index < -0.39 is 5.60 Å². The number of rotatable bonds is 2. The fraction of sp³-hybridized carbons (Fsp3) is 0.667. The van der Waals surface area contributed by atoms with Gasteiger partial charge in [-0.15, -0.1) is 0 Å². The lowest BCUT2D eigenvalue weighted by Crippen LogP contribution is -2.49. The summed E-state index contributed by atoms with van der Waals surface area (Å²) in [5, 5.41) is 16.4. The summed E-state index contributed by atoms with van der Waals surface area (Å²) in [6, 6.07) is 2.54. The van der Waals surface area contributed by atoms with E-state index in [2.05, 4.69) is 21.0 Å². The third-order valence-electron chi connectivity index (χ3n) is 5.93. The number of pyridine rings is 1. The molecule has 2 aromatic heterocycles. The Bertz CT molecular complexity index is 708. The van der Waals surface area contributed by atoms with Crippen LogP contribution >= 0.6 is 0 Å². The van der Waals surface area contributed by atoms with E-state index in [-0.39, 0.29) is 0 Å². The maximum Gasteiger partial charge on any atom is 0.159 e. The molecule has 2 aliphatic rings. The van der Waals surface area contributed by atoms with Gasteiger partial charge >= 0.3 is 0 Å². The van der Waals surface area contributed by atoms with Gasteiger partial charge in [0.2, 0.25) is 0 Å². The third-order valence-corrected chi connectivity index (χ3v) is 5.93. The molecule has 0 unspecified atom stereocenters. The molecule has 2 aromatic rings. The van der Waals surface area contributed by atoms with Crippen LogP contribution in [0, 0.1) is 5.92 Å². The molecule has 0 spiro atoms. The highest BCUT2D eigenvalue weighted by Crippen LogP contribution is 2.43. The predicted octanol–water partition coefficient (Wildman–Crippen LogP) is 2.88. The average Bonchev–Trinajstić information content (AvgIpc) is 3.14. The summed E-state index contributed by atoms with van der Waals surface area (Å²) >= 11 is 0. The molecular weight excluding hydrogens is 288 g/mol. The van der Waals surface area contributed by atoms with Gasteiger partial charge in [-0.25, -0.2) is 4.98 Å². The van der Waals surface area contributed by atoms with E-state index in [1.807, 2.05) is 31.0 Å². The largest absolute Gasteiger partial charge is 0.390 e. The molecule has 5 heteroatoms. The van der Waals surface area contributed by atoms with Crippen molar-refractivity contribution < 1.29 is 5.11 Å².